The molecule has 2 aromatic carbocycles. The monoisotopic (exact) mass is 476 g/mol. The van der Waals surface area contributed by atoms with Crippen LogP contribution in [-0.2, 0) is 33.0 Å². The Hall–Kier alpha value is -2.76. The first kappa shape index (κ1) is 22.4. The molecule has 0 saturated heterocycles. The van der Waals surface area contributed by atoms with E-state index < -0.39 is 20.0 Å². The number of nitrogens with one attached hydrogen (secondary N) is 1. The molecular weight excluding hydrogens is 452 g/mol. The topological polar surface area (TPSA) is 118 Å². The van der Waals surface area contributed by atoms with Crippen molar-refractivity contribution in [3.05, 3.63) is 58.6 Å². The van der Waals surface area contributed by atoms with Gasteiger partial charge in [-0.15, -0.1) is 0 Å². The SMILES string of the molecule is CCN(CC)S(=O)(=O)c1ccc(S(=O)(=O)Nc2ccc3nc4n(c(=O)c3c2)CCC4)cc1. The Morgan fingerprint density at radius 2 is 1.66 bits per heavy atom. The maximum atomic E-state index is 12.8. The summed E-state index contributed by atoms with van der Waals surface area (Å²) in [6.45, 7) is 4.72. The number of aromatic nitrogens is 2. The van der Waals surface area contributed by atoms with Gasteiger partial charge in [0.25, 0.3) is 15.6 Å². The van der Waals surface area contributed by atoms with Crippen molar-refractivity contribution in [1.29, 1.82) is 0 Å². The number of nitrogens with zero attached hydrogens (tertiary/aromatic N) is 3. The van der Waals surface area contributed by atoms with Gasteiger partial charge in [0.05, 0.1) is 20.7 Å². The number of rotatable bonds is 7. The highest BCUT2D eigenvalue weighted by molar-refractivity contribution is 7.92. The van der Waals surface area contributed by atoms with E-state index in [1.54, 1.807) is 30.5 Å². The Bertz CT molecular complexity index is 1440. The molecule has 4 rings (SSSR count). The second-order valence-electron chi connectivity index (χ2n) is 7.49. The van der Waals surface area contributed by atoms with Crippen LogP contribution in [0.25, 0.3) is 10.9 Å². The predicted molar refractivity (Wildman–Crippen MR) is 122 cm³/mol. The summed E-state index contributed by atoms with van der Waals surface area (Å²) < 4.78 is 56.3. The van der Waals surface area contributed by atoms with E-state index in [0.29, 0.717) is 30.5 Å². The average molecular weight is 477 g/mol. The van der Waals surface area contributed by atoms with Gasteiger partial charge < -0.3 is 0 Å². The fraction of sp³-hybridized carbons (Fsp3) is 0.333. The van der Waals surface area contributed by atoms with Gasteiger partial charge in [-0.2, -0.15) is 4.31 Å². The summed E-state index contributed by atoms with van der Waals surface area (Å²) in [6, 6.07) is 9.72. The molecular formula is C21H24N4O5S2. The molecule has 3 aromatic rings. The van der Waals surface area contributed by atoms with Crippen molar-refractivity contribution in [2.24, 2.45) is 0 Å². The van der Waals surface area contributed by atoms with Crippen molar-refractivity contribution in [2.45, 2.75) is 43.0 Å². The van der Waals surface area contributed by atoms with E-state index in [2.05, 4.69) is 9.71 Å². The van der Waals surface area contributed by atoms with Gasteiger partial charge in [-0.3, -0.25) is 14.1 Å². The zero-order valence-corrected chi connectivity index (χ0v) is 19.4. The Morgan fingerprint density at radius 1 is 1.00 bits per heavy atom. The molecule has 170 valence electrons. The van der Waals surface area contributed by atoms with E-state index in [0.717, 1.165) is 18.7 Å². The van der Waals surface area contributed by atoms with Crippen molar-refractivity contribution in [1.82, 2.24) is 13.9 Å². The Labute approximate surface area is 186 Å². The number of anilines is 1. The first-order chi connectivity index (χ1) is 15.2. The molecule has 0 atom stereocenters. The Balaban J connectivity index is 1.63. The Kier molecular flexibility index (Phi) is 5.82. The average Bonchev–Trinajstić information content (AvgIpc) is 3.24. The minimum absolute atomic E-state index is 0.0267. The highest BCUT2D eigenvalue weighted by atomic mass is 32.2. The molecule has 2 heterocycles. The summed E-state index contributed by atoms with van der Waals surface area (Å²) in [7, 11) is -7.67. The van der Waals surface area contributed by atoms with Gasteiger partial charge in [0, 0.05) is 31.7 Å². The lowest BCUT2D eigenvalue weighted by molar-refractivity contribution is 0.445. The minimum atomic E-state index is -3.99. The van der Waals surface area contributed by atoms with E-state index in [-0.39, 0.29) is 21.0 Å². The van der Waals surface area contributed by atoms with Crippen LogP contribution >= 0.6 is 0 Å². The van der Waals surface area contributed by atoms with Crippen LogP contribution in [0.2, 0.25) is 0 Å². The lowest BCUT2D eigenvalue weighted by Crippen LogP contribution is -2.30. The van der Waals surface area contributed by atoms with Gasteiger partial charge in [0.15, 0.2) is 0 Å². The van der Waals surface area contributed by atoms with Gasteiger partial charge in [-0.25, -0.2) is 21.8 Å². The molecule has 1 aliphatic heterocycles. The highest BCUT2D eigenvalue weighted by Gasteiger charge is 2.23. The van der Waals surface area contributed by atoms with Crippen LogP contribution in [0.3, 0.4) is 0 Å². The predicted octanol–water partition coefficient (Wildman–Crippen LogP) is 2.17. The van der Waals surface area contributed by atoms with Crippen LogP contribution in [0.15, 0.2) is 57.1 Å². The number of aryl methyl sites for hydroxylation is 1. The summed E-state index contributed by atoms with van der Waals surface area (Å²) in [5.41, 5.74) is 0.571. The van der Waals surface area contributed by atoms with Crippen molar-refractivity contribution in [3.8, 4) is 0 Å². The van der Waals surface area contributed by atoms with Crippen molar-refractivity contribution >= 4 is 36.6 Å². The molecule has 11 heteroatoms. The zero-order valence-electron chi connectivity index (χ0n) is 17.8. The summed E-state index contributed by atoms with van der Waals surface area (Å²) in [5, 5.41) is 0.344. The van der Waals surface area contributed by atoms with Crippen LogP contribution in [-0.4, -0.2) is 43.8 Å². The molecule has 1 N–H and O–H groups in total. The second-order valence-corrected chi connectivity index (χ2v) is 11.1. The Morgan fingerprint density at radius 3 is 2.31 bits per heavy atom. The van der Waals surface area contributed by atoms with Crippen LogP contribution in [0.5, 0.6) is 0 Å². The normalized spacial score (nSPS) is 14.1. The van der Waals surface area contributed by atoms with Crippen molar-refractivity contribution < 1.29 is 16.8 Å². The van der Waals surface area contributed by atoms with Gasteiger partial charge in [-0.1, -0.05) is 13.8 Å². The molecule has 0 unspecified atom stereocenters. The van der Waals surface area contributed by atoms with E-state index in [1.807, 2.05) is 0 Å². The first-order valence-corrected chi connectivity index (χ1v) is 13.3. The maximum absolute atomic E-state index is 12.8. The molecule has 32 heavy (non-hydrogen) atoms. The fourth-order valence-electron chi connectivity index (χ4n) is 3.86. The minimum Gasteiger partial charge on any atom is -0.296 e. The molecule has 0 saturated carbocycles. The number of hydrogen-bond donors (Lipinski definition) is 1. The van der Waals surface area contributed by atoms with Gasteiger partial charge in [0.1, 0.15) is 5.82 Å². The highest BCUT2D eigenvalue weighted by Crippen LogP contribution is 2.23. The third-order valence-electron chi connectivity index (χ3n) is 5.54. The van der Waals surface area contributed by atoms with Gasteiger partial charge >= 0.3 is 0 Å². The van der Waals surface area contributed by atoms with Crippen molar-refractivity contribution in [3.63, 3.8) is 0 Å². The third-order valence-corrected chi connectivity index (χ3v) is 9.01. The molecule has 1 aliphatic rings. The lowest BCUT2D eigenvalue weighted by atomic mass is 10.2. The molecule has 0 amide bonds. The molecule has 9 nitrogen and oxygen atoms in total. The lowest BCUT2D eigenvalue weighted by Gasteiger charge is -2.18. The number of fused-ring (bicyclic) bond motifs is 2. The number of sulfonamides is 2. The largest absolute Gasteiger partial charge is 0.296 e. The molecule has 0 aliphatic carbocycles. The second kappa shape index (κ2) is 8.30. The first-order valence-electron chi connectivity index (χ1n) is 10.3. The molecule has 1 aromatic heterocycles. The van der Waals surface area contributed by atoms with E-state index >= 15 is 0 Å². The van der Waals surface area contributed by atoms with Gasteiger partial charge in [0.2, 0.25) is 10.0 Å². The van der Waals surface area contributed by atoms with Crippen LogP contribution in [0.4, 0.5) is 5.69 Å². The molecule has 0 bridgehead atoms. The summed E-state index contributed by atoms with van der Waals surface area (Å²) in [6.07, 6.45) is 1.61. The van der Waals surface area contributed by atoms with E-state index in [9.17, 15) is 21.6 Å². The quantitative estimate of drug-likeness (QED) is 0.558. The molecule has 0 spiro atoms. The third kappa shape index (κ3) is 3.91. The maximum Gasteiger partial charge on any atom is 0.261 e. The van der Waals surface area contributed by atoms with Crippen LogP contribution in [0.1, 0.15) is 26.1 Å². The summed E-state index contributed by atoms with van der Waals surface area (Å²) in [5.74, 6) is 0.746. The molecule has 0 fully saturated rings. The number of benzene rings is 2. The standard InChI is InChI=1S/C21H24N4O5S2/c1-3-24(4-2)32(29,30)17-10-8-16(9-11-17)31(27,28)23-15-7-12-19-18(14-15)21(26)25-13-5-6-20(25)22-19/h7-12,14,23H,3-6,13H2,1-2H3. The molecule has 0 radical (unpaired) electrons. The van der Waals surface area contributed by atoms with Crippen LogP contribution < -0.4 is 10.3 Å². The number of hydrogen-bond acceptors (Lipinski definition) is 6. The summed E-state index contributed by atoms with van der Waals surface area (Å²) in [4.78, 5) is 17.2. The van der Waals surface area contributed by atoms with E-state index in [4.69, 9.17) is 0 Å². The smallest absolute Gasteiger partial charge is 0.261 e. The van der Waals surface area contributed by atoms with Crippen LogP contribution in [0, 0.1) is 0 Å². The van der Waals surface area contributed by atoms with Crippen molar-refractivity contribution in [2.75, 3.05) is 17.8 Å². The van der Waals surface area contributed by atoms with Gasteiger partial charge in [-0.05, 0) is 48.9 Å². The fourth-order valence-corrected chi connectivity index (χ4v) is 6.37. The van der Waals surface area contributed by atoms with E-state index in [1.165, 1.54) is 34.6 Å². The summed E-state index contributed by atoms with van der Waals surface area (Å²) >= 11 is 0. The zero-order chi connectivity index (χ0) is 23.1.